The van der Waals surface area contributed by atoms with E-state index >= 15 is 0 Å². The predicted octanol–water partition coefficient (Wildman–Crippen LogP) is 1.83. The van der Waals surface area contributed by atoms with E-state index in [1.165, 1.54) is 49.2 Å². The lowest BCUT2D eigenvalue weighted by Gasteiger charge is -2.30. The maximum absolute atomic E-state index is 13.0. The van der Waals surface area contributed by atoms with Crippen LogP contribution in [0.2, 0.25) is 0 Å². The van der Waals surface area contributed by atoms with Crippen LogP contribution in [0.15, 0.2) is 41.2 Å². The Bertz CT molecular complexity index is 811. The summed E-state index contributed by atoms with van der Waals surface area (Å²) in [6.45, 7) is 5.72. The molecule has 6 nitrogen and oxygen atoms in total. The topological polar surface area (TPSA) is 67.2 Å². The van der Waals surface area contributed by atoms with Crippen LogP contribution >= 0.6 is 0 Å². The Kier molecular flexibility index (Phi) is 5.78. The Morgan fingerprint density at radius 1 is 1.19 bits per heavy atom. The average molecular weight is 358 g/mol. The molecule has 3 rings (SSSR count). The number of benzene rings is 1. The van der Waals surface area contributed by atoms with Gasteiger partial charge in [0, 0.05) is 19.2 Å². The molecule has 1 saturated heterocycles. The van der Waals surface area contributed by atoms with E-state index < -0.39 is 5.82 Å². The number of carbonyl (C=O) groups is 1. The number of halogens is 1. The molecule has 0 unspecified atom stereocenters. The fraction of sp³-hybridized carbons (Fsp3) is 0.421. The first-order valence-electron chi connectivity index (χ1n) is 8.90. The summed E-state index contributed by atoms with van der Waals surface area (Å²) in [6.07, 6.45) is 2.39. The number of amides is 1. The minimum absolute atomic E-state index is 0.154. The van der Waals surface area contributed by atoms with Gasteiger partial charge in [0.25, 0.3) is 11.5 Å². The van der Waals surface area contributed by atoms with Crippen molar-refractivity contribution < 1.29 is 9.18 Å². The van der Waals surface area contributed by atoms with Crippen molar-refractivity contribution in [2.45, 2.75) is 19.8 Å². The first kappa shape index (κ1) is 18.3. The van der Waals surface area contributed by atoms with Crippen LogP contribution < -0.4 is 10.9 Å². The van der Waals surface area contributed by atoms with Gasteiger partial charge >= 0.3 is 0 Å². The molecule has 1 aliphatic rings. The molecular weight excluding hydrogens is 335 g/mol. The summed E-state index contributed by atoms with van der Waals surface area (Å²) in [4.78, 5) is 26.7. The van der Waals surface area contributed by atoms with Gasteiger partial charge in [-0.25, -0.2) is 4.39 Å². The fourth-order valence-electron chi connectivity index (χ4n) is 3.00. The van der Waals surface area contributed by atoms with Crippen LogP contribution in [0.3, 0.4) is 0 Å². The number of likely N-dealkylation sites (tertiary alicyclic amines) is 1. The van der Waals surface area contributed by atoms with Gasteiger partial charge in [-0.15, -0.1) is 0 Å². The number of hydrogen-bond acceptors (Lipinski definition) is 4. The van der Waals surface area contributed by atoms with E-state index in [1.807, 2.05) is 0 Å². The van der Waals surface area contributed by atoms with Crippen LogP contribution in [0.4, 0.5) is 4.39 Å². The Morgan fingerprint density at radius 2 is 1.88 bits per heavy atom. The van der Waals surface area contributed by atoms with Crippen molar-refractivity contribution in [3.8, 4) is 5.69 Å². The summed E-state index contributed by atoms with van der Waals surface area (Å²) in [5.41, 5.74) is 0.185. The van der Waals surface area contributed by atoms with Crippen LogP contribution in [-0.4, -0.2) is 46.8 Å². The molecule has 0 saturated carbocycles. The number of nitrogens with zero attached hydrogens (tertiary/aromatic N) is 3. The molecule has 0 atom stereocenters. The monoisotopic (exact) mass is 358 g/mol. The van der Waals surface area contributed by atoms with E-state index in [0.717, 1.165) is 30.2 Å². The zero-order valence-corrected chi connectivity index (χ0v) is 14.8. The van der Waals surface area contributed by atoms with Gasteiger partial charge in [0.1, 0.15) is 11.5 Å². The van der Waals surface area contributed by atoms with Crippen molar-refractivity contribution >= 4 is 5.91 Å². The molecule has 2 aromatic rings. The smallest absolute Gasteiger partial charge is 0.271 e. The number of rotatable bonds is 5. The van der Waals surface area contributed by atoms with Crippen LogP contribution in [0.1, 0.15) is 30.3 Å². The summed E-state index contributed by atoms with van der Waals surface area (Å²) < 4.78 is 14.1. The van der Waals surface area contributed by atoms with Crippen molar-refractivity contribution in [2.75, 3.05) is 26.2 Å². The van der Waals surface area contributed by atoms with Crippen LogP contribution in [-0.2, 0) is 0 Å². The minimum atomic E-state index is -0.400. The summed E-state index contributed by atoms with van der Waals surface area (Å²) in [5.74, 6) is 0.0478. The lowest BCUT2D eigenvalue weighted by Crippen LogP contribution is -2.39. The molecule has 1 aromatic heterocycles. The number of aromatic nitrogens is 2. The molecule has 0 aliphatic carbocycles. The summed E-state index contributed by atoms with van der Waals surface area (Å²) in [6, 6.07) is 8.08. The van der Waals surface area contributed by atoms with Gasteiger partial charge < -0.3 is 10.2 Å². The molecular formula is C19H23FN4O2. The summed E-state index contributed by atoms with van der Waals surface area (Å²) in [5, 5.41) is 6.95. The SMILES string of the molecule is CC1CCN(CCNC(=O)c2ccc(=O)n(-c3ccc(F)cc3)n2)CC1. The van der Waals surface area contributed by atoms with Gasteiger partial charge in [-0.05, 0) is 62.2 Å². The molecule has 0 radical (unpaired) electrons. The number of carbonyl (C=O) groups excluding carboxylic acids is 1. The zero-order valence-electron chi connectivity index (χ0n) is 14.8. The van der Waals surface area contributed by atoms with E-state index in [9.17, 15) is 14.0 Å². The van der Waals surface area contributed by atoms with Gasteiger partial charge in [0.05, 0.1) is 5.69 Å². The molecule has 2 heterocycles. The predicted molar refractivity (Wildman–Crippen MR) is 97.0 cm³/mol. The lowest BCUT2D eigenvalue weighted by molar-refractivity contribution is 0.0937. The third-order valence-corrected chi connectivity index (χ3v) is 4.69. The molecule has 1 aromatic carbocycles. The minimum Gasteiger partial charge on any atom is -0.349 e. The molecule has 1 fully saturated rings. The standard InChI is InChI=1S/C19H23FN4O2/c1-14-8-11-23(12-9-14)13-10-21-19(26)17-6-7-18(25)24(22-17)16-4-2-15(20)3-5-16/h2-7,14H,8-13H2,1H3,(H,21,26). The molecule has 0 bridgehead atoms. The largest absolute Gasteiger partial charge is 0.349 e. The van der Waals surface area contributed by atoms with Crippen LogP contribution in [0.25, 0.3) is 5.69 Å². The quantitative estimate of drug-likeness (QED) is 0.886. The first-order valence-corrected chi connectivity index (χ1v) is 8.90. The van der Waals surface area contributed by atoms with Gasteiger partial charge in [-0.1, -0.05) is 6.92 Å². The average Bonchev–Trinajstić information content (AvgIpc) is 2.64. The molecule has 1 aliphatic heterocycles. The normalized spacial score (nSPS) is 15.8. The van der Waals surface area contributed by atoms with Crippen LogP contribution in [0, 0.1) is 11.7 Å². The zero-order chi connectivity index (χ0) is 18.5. The maximum atomic E-state index is 13.0. The molecule has 26 heavy (non-hydrogen) atoms. The fourth-order valence-corrected chi connectivity index (χ4v) is 3.00. The van der Waals surface area contributed by atoms with Gasteiger partial charge in [-0.3, -0.25) is 9.59 Å². The third kappa shape index (κ3) is 4.54. The second-order valence-corrected chi connectivity index (χ2v) is 6.73. The summed E-state index contributed by atoms with van der Waals surface area (Å²) in [7, 11) is 0. The third-order valence-electron chi connectivity index (χ3n) is 4.69. The van der Waals surface area contributed by atoms with Crippen molar-refractivity contribution in [3.63, 3.8) is 0 Å². The maximum Gasteiger partial charge on any atom is 0.271 e. The highest BCUT2D eigenvalue weighted by molar-refractivity contribution is 5.92. The second-order valence-electron chi connectivity index (χ2n) is 6.73. The lowest BCUT2D eigenvalue weighted by atomic mass is 9.99. The van der Waals surface area contributed by atoms with Crippen LogP contribution in [0.5, 0.6) is 0 Å². The highest BCUT2D eigenvalue weighted by Gasteiger charge is 2.16. The van der Waals surface area contributed by atoms with E-state index in [4.69, 9.17) is 0 Å². The molecule has 0 spiro atoms. The summed E-state index contributed by atoms with van der Waals surface area (Å²) >= 11 is 0. The molecule has 1 amide bonds. The number of hydrogen-bond donors (Lipinski definition) is 1. The Morgan fingerprint density at radius 3 is 2.58 bits per heavy atom. The van der Waals surface area contributed by atoms with Crippen molar-refractivity contribution in [1.82, 2.24) is 20.0 Å². The van der Waals surface area contributed by atoms with Crippen molar-refractivity contribution in [2.24, 2.45) is 5.92 Å². The van der Waals surface area contributed by atoms with Gasteiger partial charge in [0.2, 0.25) is 0 Å². The highest BCUT2D eigenvalue weighted by Crippen LogP contribution is 2.15. The number of nitrogens with one attached hydrogen (secondary N) is 1. The Hall–Kier alpha value is -2.54. The second kappa shape index (κ2) is 8.23. The number of piperidine rings is 1. The van der Waals surface area contributed by atoms with Crippen molar-refractivity contribution in [1.29, 1.82) is 0 Å². The Labute approximate surface area is 151 Å². The molecule has 7 heteroatoms. The first-order chi connectivity index (χ1) is 12.5. The highest BCUT2D eigenvalue weighted by atomic mass is 19.1. The van der Waals surface area contributed by atoms with Crippen molar-refractivity contribution in [3.05, 3.63) is 58.3 Å². The Balaban J connectivity index is 1.62. The van der Waals surface area contributed by atoms with E-state index in [2.05, 4.69) is 22.2 Å². The van der Waals surface area contributed by atoms with E-state index in [0.29, 0.717) is 12.2 Å². The van der Waals surface area contributed by atoms with Gasteiger partial charge in [-0.2, -0.15) is 9.78 Å². The van der Waals surface area contributed by atoms with E-state index in [-0.39, 0.29) is 17.2 Å². The molecule has 1 N–H and O–H groups in total. The van der Waals surface area contributed by atoms with E-state index in [1.54, 1.807) is 0 Å². The van der Waals surface area contributed by atoms with Gasteiger partial charge in [0.15, 0.2) is 0 Å². The molecule has 138 valence electrons.